The zero-order chi connectivity index (χ0) is 39.2. The Balaban J connectivity index is 1.48. The summed E-state index contributed by atoms with van der Waals surface area (Å²) in [5.41, 5.74) is 5.16. The molecule has 2 heterocycles. The fourth-order valence-corrected chi connectivity index (χ4v) is 8.26. The Bertz CT molecular complexity index is 1950. The van der Waals surface area contributed by atoms with Gasteiger partial charge in [0.2, 0.25) is 5.69 Å². The number of fused-ring (bicyclic) bond motifs is 1. The highest BCUT2D eigenvalue weighted by atomic mass is 16.7. The number of methoxy groups -OCH3 is 1. The number of benzene rings is 2. The summed E-state index contributed by atoms with van der Waals surface area (Å²) in [7, 11) is 1.63. The lowest BCUT2D eigenvalue weighted by Crippen LogP contribution is -2.37. The minimum absolute atomic E-state index is 0.133. The molecule has 0 amide bonds. The molecule has 290 valence electrons. The third-order valence-electron chi connectivity index (χ3n) is 11.0. The van der Waals surface area contributed by atoms with Crippen LogP contribution in [0.4, 0.5) is 10.5 Å². The number of aromatic nitrogens is 3. The molecule has 0 saturated heterocycles. The average Bonchev–Trinajstić information content (AvgIpc) is 3.68. The topological polar surface area (TPSA) is 120 Å². The van der Waals surface area contributed by atoms with Gasteiger partial charge in [-0.05, 0) is 89.3 Å². The lowest BCUT2D eigenvalue weighted by molar-refractivity contribution is -0.0249. The predicted octanol–water partition coefficient (Wildman–Crippen LogP) is 11.5. The molecule has 0 spiro atoms. The summed E-state index contributed by atoms with van der Waals surface area (Å²) in [6.07, 6.45) is 9.10. The molecule has 1 fully saturated rings. The van der Waals surface area contributed by atoms with Crippen LogP contribution in [0.15, 0.2) is 42.6 Å². The second-order valence-corrected chi connectivity index (χ2v) is 16.5. The number of nitrogens with zero attached hydrogens (tertiary/aromatic N) is 3. The Hall–Kier alpha value is -4.78. The summed E-state index contributed by atoms with van der Waals surface area (Å²) in [6.45, 7) is 23.0. The van der Waals surface area contributed by atoms with Crippen molar-refractivity contribution in [2.45, 2.75) is 130 Å². The molecule has 10 heteroatoms. The maximum absolute atomic E-state index is 13.7. The van der Waals surface area contributed by atoms with E-state index in [1.807, 2.05) is 24.3 Å². The smallest absolute Gasteiger partial charge is 0.496 e. The van der Waals surface area contributed by atoms with Gasteiger partial charge in [-0.15, -0.1) is 0 Å². The van der Waals surface area contributed by atoms with Gasteiger partial charge in [0.15, 0.2) is 11.5 Å². The van der Waals surface area contributed by atoms with Crippen molar-refractivity contribution in [3.05, 3.63) is 81.8 Å². The number of rotatable bonds is 15. The van der Waals surface area contributed by atoms with Crippen LogP contribution in [0.1, 0.15) is 145 Å². The molecule has 2 N–H and O–H groups in total. The van der Waals surface area contributed by atoms with Crippen LogP contribution in [-0.2, 0) is 21.3 Å². The molecule has 5 rings (SSSR count). The highest BCUT2D eigenvalue weighted by molar-refractivity contribution is 6.03. The first-order valence-corrected chi connectivity index (χ1v) is 19.6. The van der Waals surface area contributed by atoms with Crippen molar-refractivity contribution in [2.24, 2.45) is 17.8 Å². The van der Waals surface area contributed by atoms with E-state index in [2.05, 4.69) is 70.5 Å². The van der Waals surface area contributed by atoms with Gasteiger partial charge in [-0.25, -0.2) is 19.4 Å². The van der Waals surface area contributed by atoms with Gasteiger partial charge in [-0.2, -0.15) is 0 Å². The zero-order valence-corrected chi connectivity index (χ0v) is 33.3. The largest absolute Gasteiger partial charge is 0.506 e. The van der Waals surface area contributed by atoms with E-state index in [9.17, 15) is 14.7 Å². The Morgan fingerprint density at radius 2 is 1.72 bits per heavy atom. The van der Waals surface area contributed by atoms with Gasteiger partial charge < -0.3 is 19.3 Å². The molecule has 0 radical (unpaired) electrons. The highest BCUT2D eigenvalue weighted by Gasteiger charge is 2.36. The van der Waals surface area contributed by atoms with E-state index in [0.29, 0.717) is 36.0 Å². The molecule has 4 aromatic rings. The Kier molecular flexibility index (Phi) is 13.1. The third kappa shape index (κ3) is 9.47. The van der Waals surface area contributed by atoms with Crippen molar-refractivity contribution in [3.63, 3.8) is 0 Å². The highest BCUT2D eigenvalue weighted by Crippen LogP contribution is 2.38. The number of unbranched alkanes of at least 4 members (excludes halogenated alkanes) is 5. The number of esters is 1. The van der Waals surface area contributed by atoms with Crippen LogP contribution >= 0.6 is 0 Å². The Morgan fingerprint density at radius 1 is 1.02 bits per heavy atom. The lowest BCUT2D eigenvalue weighted by atomic mass is 9.75. The third-order valence-corrected chi connectivity index (χ3v) is 11.0. The van der Waals surface area contributed by atoms with Gasteiger partial charge in [0, 0.05) is 18.2 Å². The van der Waals surface area contributed by atoms with E-state index >= 15 is 0 Å². The molecule has 54 heavy (non-hydrogen) atoms. The van der Waals surface area contributed by atoms with Gasteiger partial charge in [-0.3, -0.25) is 9.61 Å². The Morgan fingerprint density at radius 3 is 2.37 bits per heavy atom. The maximum Gasteiger partial charge on any atom is 0.506 e. The molecular formula is C44H58N4O6. The van der Waals surface area contributed by atoms with Gasteiger partial charge in [0.25, 0.3) is 0 Å². The van der Waals surface area contributed by atoms with Crippen LogP contribution in [0.2, 0.25) is 0 Å². The number of H-pyrrole nitrogens is 1. The maximum atomic E-state index is 13.7. The number of ether oxygens (including phenoxy) is 3. The van der Waals surface area contributed by atoms with Crippen molar-refractivity contribution in [2.75, 3.05) is 7.11 Å². The first-order valence-electron chi connectivity index (χ1n) is 19.6. The van der Waals surface area contributed by atoms with Gasteiger partial charge in [0.05, 0.1) is 13.7 Å². The Labute approximate surface area is 320 Å². The van der Waals surface area contributed by atoms with Crippen molar-refractivity contribution < 1.29 is 28.9 Å². The summed E-state index contributed by atoms with van der Waals surface area (Å²) in [5, 5.41) is 13.0. The summed E-state index contributed by atoms with van der Waals surface area (Å²) < 4.78 is 19.1. The molecule has 0 bridgehead atoms. The number of hydrogen-bond acceptors (Lipinski definition) is 6. The van der Waals surface area contributed by atoms with Crippen LogP contribution in [-0.4, -0.2) is 45.0 Å². The van der Waals surface area contributed by atoms with Crippen molar-refractivity contribution in [3.8, 4) is 17.1 Å². The molecule has 10 nitrogen and oxygen atoms in total. The summed E-state index contributed by atoms with van der Waals surface area (Å²) in [4.78, 5) is 34.1. The molecule has 1 aliphatic rings. The SMILES string of the molecule is [C-]#[N+]c1cn2[nH]c(-c3ccc(OC)c(Cc4cc(C(C)(C)C)ccc4C(CCCCCCCC)OC(=O)O)c3)nc2c1C(=O)OC1C(C)CC(C)CC1C. The van der Waals surface area contributed by atoms with Crippen LogP contribution < -0.4 is 4.74 Å². The minimum atomic E-state index is -1.28. The number of aromatic amines is 1. The molecule has 0 aliphatic heterocycles. The summed E-state index contributed by atoms with van der Waals surface area (Å²) in [5.74, 6) is 1.70. The quantitative estimate of drug-likeness (QED) is 0.0707. The summed E-state index contributed by atoms with van der Waals surface area (Å²) in [6, 6.07) is 12.1. The molecular weight excluding hydrogens is 681 g/mol. The van der Waals surface area contributed by atoms with E-state index in [1.165, 1.54) is 19.3 Å². The summed E-state index contributed by atoms with van der Waals surface area (Å²) >= 11 is 0. The number of hydrogen-bond donors (Lipinski definition) is 2. The predicted molar refractivity (Wildman–Crippen MR) is 212 cm³/mol. The van der Waals surface area contributed by atoms with Crippen LogP contribution in [0, 0.1) is 24.3 Å². The van der Waals surface area contributed by atoms with Crippen molar-refractivity contribution in [1.82, 2.24) is 14.6 Å². The number of carboxylic acid groups (broad SMARTS) is 1. The normalized spacial score (nSPS) is 19.3. The molecule has 2 aromatic carbocycles. The van der Waals surface area contributed by atoms with Crippen LogP contribution in [0.3, 0.4) is 0 Å². The average molecular weight is 739 g/mol. The van der Waals surface area contributed by atoms with Gasteiger partial charge >= 0.3 is 12.1 Å². The molecule has 2 aromatic heterocycles. The van der Waals surface area contributed by atoms with Crippen molar-refractivity contribution >= 4 is 23.5 Å². The second-order valence-electron chi connectivity index (χ2n) is 16.5. The number of carbonyl (C=O) groups excluding carboxylic acids is 1. The van der Waals surface area contributed by atoms with E-state index in [4.69, 9.17) is 25.8 Å². The van der Waals surface area contributed by atoms with E-state index in [1.54, 1.807) is 17.8 Å². The van der Waals surface area contributed by atoms with Gasteiger partial charge in [0.1, 0.15) is 23.5 Å². The first kappa shape index (κ1) is 40.4. The van der Waals surface area contributed by atoms with E-state index < -0.39 is 18.2 Å². The second kappa shape index (κ2) is 17.6. The standard InChI is InChI=1S/C44H58N4O6/c1-10-11-12-13-14-15-16-37(53-43(50)51)34-19-18-33(44(5,6)7)25-31(34)24-32-23-30(17-20-36(32)52-9)40-46-41-38(35(45-8)26-48(41)47-40)42(49)54-39-28(3)21-27(2)22-29(39)4/h17-20,23,25-29,37,39H,10-16,21-22,24H2,1-7,9H3,(H,46,47)(H,50,51). The minimum Gasteiger partial charge on any atom is -0.496 e. The van der Waals surface area contributed by atoms with Gasteiger partial charge in [-0.1, -0.05) is 98.8 Å². The number of nitrogens with one attached hydrogen (secondary N) is 1. The molecule has 1 aliphatic carbocycles. The molecule has 3 unspecified atom stereocenters. The number of carbonyl (C=O) groups is 2. The van der Waals surface area contributed by atoms with Crippen LogP contribution in [0.5, 0.6) is 5.75 Å². The van der Waals surface area contributed by atoms with E-state index in [0.717, 1.165) is 59.9 Å². The van der Waals surface area contributed by atoms with Crippen LogP contribution in [0.25, 0.3) is 21.9 Å². The fraction of sp³-hybridized carbons (Fsp3) is 0.545. The van der Waals surface area contributed by atoms with E-state index in [-0.39, 0.29) is 34.6 Å². The lowest BCUT2D eigenvalue weighted by Gasteiger charge is -2.37. The molecule has 1 saturated carbocycles. The monoisotopic (exact) mass is 738 g/mol. The molecule has 3 atom stereocenters. The first-order chi connectivity index (χ1) is 25.7. The fourth-order valence-electron chi connectivity index (χ4n) is 8.26. The van der Waals surface area contributed by atoms with Crippen molar-refractivity contribution in [1.29, 1.82) is 0 Å². The zero-order valence-electron chi connectivity index (χ0n) is 33.3.